The second-order valence-corrected chi connectivity index (χ2v) is 5.14. The summed E-state index contributed by atoms with van der Waals surface area (Å²) in [7, 11) is 0. The zero-order chi connectivity index (χ0) is 13.4. The first-order valence-corrected chi connectivity index (χ1v) is 6.66. The van der Waals surface area contributed by atoms with Gasteiger partial charge in [0.05, 0.1) is 10.7 Å². The van der Waals surface area contributed by atoms with E-state index in [0.717, 1.165) is 30.5 Å². The molecule has 1 aromatic heterocycles. The van der Waals surface area contributed by atoms with Crippen LogP contribution < -0.4 is 5.32 Å². The van der Waals surface area contributed by atoms with Gasteiger partial charge in [-0.15, -0.1) is 0 Å². The van der Waals surface area contributed by atoms with Crippen molar-refractivity contribution in [3.8, 4) is 0 Å². The van der Waals surface area contributed by atoms with Crippen molar-refractivity contribution in [2.75, 3.05) is 5.32 Å². The van der Waals surface area contributed by atoms with Gasteiger partial charge in [-0.2, -0.15) is 0 Å². The van der Waals surface area contributed by atoms with Crippen LogP contribution >= 0.6 is 23.2 Å². The van der Waals surface area contributed by atoms with Crippen molar-refractivity contribution in [3.63, 3.8) is 0 Å². The lowest BCUT2D eigenvalue weighted by molar-refractivity contribution is 0.629. The van der Waals surface area contributed by atoms with Crippen LogP contribution in [-0.2, 0) is 12.8 Å². The molecule has 1 heterocycles. The molecular weight excluding hydrogens is 288 g/mol. The molecule has 0 spiro atoms. The Bertz CT molecular complexity index is 646. The predicted molar refractivity (Wildman–Crippen MR) is 73.8 cm³/mol. The van der Waals surface area contributed by atoms with Crippen molar-refractivity contribution in [3.05, 3.63) is 45.4 Å². The Hall–Kier alpha value is -1.39. The van der Waals surface area contributed by atoms with E-state index in [1.165, 1.54) is 12.1 Å². The minimum Gasteiger partial charge on any atom is -0.324 e. The van der Waals surface area contributed by atoms with Crippen LogP contribution in [0.5, 0.6) is 0 Å². The summed E-state index contributed by atoms with van der Waals surface area (Å²) in [6.45, 7) is 0. The number of aryl methyl sites for hydroxylation is 1. The predicted octanol–water partition coefficient (Wildman–Crippen LogP) is 4.15. The van der Waals surface area contributed by atoms with Crippen molar-refractivity contribution in [1.82, 2.24) is 9.97 Å². The molecule has 0 unspecified atom stereocenters. The summed E-state index contributed by atoms with van der Waals surface area (Å²) in [4.78, 5) is 8.58. The highest BCUT2D eigenvalue weighted by Gasteiger charge is 2.18. The molecule has 2 aromatic rings. The van der Waals surface area contributed by atoms with Gasteiger partial charge in [0.25, 0.3) is 0 Å². The first-order chi connectivity index (χ1) is 9.13. The van der Waals surface area contributed by atoms with Crippen LogP contribution in [0.2, 0.25) is 10.2 Å². The second kappa shape index (κ2) is 4.94. The summed E-state index contributed by atoms with van der Waals surface area (Å²) >= 11 is 11.7. The number of fused-ring (bicyclic) bond motifs is 1. The van der Waals surface area contributed by atoms with Crippen LogP contribution in [-0.4, -0.2) is 9.97 Å². The van der Waals surface area contributed by atoms with Gasteiger partial charge in [-0.1, -0.05) is 23.2 Å². The molecule has 0 aliphatic heterocycles. The number of anilines is 2. The first kappa shape index (κ1) is 12.6. The molecule has 1 aliphatic rings. The molecule has 3 rings (SSSR count). The number of hydrogen-bond acceptors (Lipinski definition) is 3. The van der Waals surface area contributed by atoms with Crippen LogP contribution in [0.1, 0.15) is 17.7 Å². The highest BCUT2D eigenvalue weighted by molar-refractivity contribution is 6.31. The molecule has 0 atom stereocenters. The fourth-order valence-corrected chi connectivity index (χ4v) is 2.55. The van der Waals surface area contributed by atoms with E-state index in [0.29, 0.717) is 16.8 Å². The van der Waals surface area contributed by atoms with E-state index in [-0.39, 0.29) is 5.02 Å². The van der Waals surface area contributed by atoms with Gasteiger partial charge in [0.15, 0.2) is 0 Å². The van der Waals surface area contributed by atoms with Crippen LogP contribution in [0.4, 0.5) is 16.0 Å². The molecule has 19 heavy (non-hydrogen) atoms. The number of halogens is 3. The highest BCUT2D eigenvalue weighted by atomic mass is 35.5. The monoisotopic (exact) mass is 297 g/mol. The van der Waals surface area contributed by atoms with Gasteiger partial charge in [0.1, 0.15) is 11.0 Å². The average Bonchev–Trinajstić information content (AvgIpc) is 2.82. The number of rotatable bonds is 2. The molecule has 0 saturated carbocycles. The number of nitrogens with zero attached hydrogens (tertiary/aromatic N) is 2. The molecule has 1 aromatic carbocycles. The normalized spacial score (nSPS) is 13.4. The van der Waals surface area contributed by atoms with E-state index in [4.69, 9.17) is 23.2 Å². The Labute approximate surface area is 119 Å². The van der Waals surface area contributed by atoms with Crippen LogP contribution in [0.3, 0.4) is 0 Å². The standard InChI is InChI=1S/C13H10Cl2FN3/c14-9-5-4-7(6-10(9)16)17-13-18-11-3-1-2-8(11)12(15)19-13/h4-6H,1-3H2,(H,17,18,19). The van der Waals surface area contributed by atoms with Crippen LogP contribution in [0, 0.1) is 5.82 Å². The van der Waals surface area contributed by atoms with Gasteiger partial charge in [-0.05, 0) is 37.5 Å². The second-order valence-electron chi connectivity index (χ2n) is 4.37. The third kappa shape index (κ3) is 2.51. The van der Waals surface area contributed by atoms with Gasteiger partial charge in [-0.3, -0.25) is 0 Å². The fraction of sp³-hybridized carbons (Fsp3) is 0.231. The van der Waals surface area contributed by atoms with Crippen molar-refractivity contribution in [2.45, 2.75) is 19.3 Å². The fourth-order valence-electron chi connectivity index (χ4n) is 2.15. The Morgan fingerprint density at radius 2 is 2.00 bits per heavy atom. The van der Waals surface area contributed by atoms with Gasteiger partial charge in [-0.25, -0.2) is 14.4 Å². The molecule has 6 heteroatoms. The van der Waals surface area contributed by atoms with E-state index >= 15 is 0 Å². The molecule has 1 N–H and O–H groups in total. The number of aromatic nitrogens is 2. The first-order valence-electron chi connectivity index (χ1n) is 5.91. The summed E-state index contributed by atoms with van der Waals surface area (Å²) in [5.74, 6) is -0.105. The minimum absolute atomic E-state index is 0.0819. The maximum absolute atomic E-state index is 13.3. The largest absolute Gasteiger partial charge is 0.324 e. The summed E-state index contributed by atoms with van der Waals surface area (Å²) in [5, 5.41) is 3.49. The third-order valence-electron chi connectivity index (χ3n) is 3.06. The number of nitrogens with one attached hydrogen (secondary N) is 1. The highest BCUT2D eigenvalue weighted by Crippen LogP contribution is 2.28. The lowest BCUT2D eigenvalue weighted by Crippen LogP contribution is -2.02. The Balaban J connectivity index is 1.91. The van der Waals surface area contributed by atoms with Gasteiger partial charge in [0.2, 0.25) is 5.95 Å². The molecule has 0 radical (unpaired) electrons. The molecule has 98 valence electrons. The Morgan fingerprint density at radius 1 is 1.16 bits per heavy atom. The van der Waals surface area contributed by atoms with E-state index in [1.807, 2.05) is 0 Å². The van der Waals surface area contributed by atoms with Crippen LogP contribution in [0.15, 0.2) is 18.2 Å². The smallest absolute Gasteiger partial charge is 0.228 e. The molecule has 1 aliphatic carbocycles. The SMILES string of the molecule is Fc1cc(Nc2nc(Cl)c3c(n2)CCC3)ccc1Cl. The van der Waals surface area contributed by atoms with Crippen molar-refractivity contribution >= 4 is 34.8 Å². The van der Waals surface area contributed by atoms with E-state index < -0.39 is 5.82 Å². The topological polar surface area (TPSA) is 37.8 Å². The van der Waals surface area contributed by atoms with Gasteiger partial charge in [0, 0.05) is 11.3 Å². The molecule has 0 amide bonds. The minimum atomic E-state index is -0.487. The average molecular weight is 298 g/mol. The summed E-state index contributed by atoms with van der Waals surface area (Å²) in [6.07, 6.45) is 2.87. The van der Waals surface area contributed by atoms with E-state index in [9.17, 15) is 4.39 Å². The maximum atomic E-state index is 13.3. The van der Waals surface area contributed by atoms with Crippen molar-refractivity contribution in [1.29, 1.82) is 0 Å². The van der Waals surface area contributed by atoms with E-state index in [1.54, 1.807) is 6.07 Å². The summed E-state index contributed by atoms with van der Waals surface area (Å²) in [5.41, 5.74) is 2.53. The molecule has 0 saturated heterocycles. The zero-order valence-corrected chi connectivity index (χ0v) is 11.4. The Morgan fingerprint density at radius 3 is 2.79 bits per heavy atom. The van der Waals surface area contributed by atoms with Crippen molar-refractivity contribution < 1.29 is 4.39 Å². The maximum Gasteiger partial charge on any atom is 0.228 e. The molecule has 0 fully saturated rings. The van der Waals surface area contributed by atoms with E-state index in [2.05, 4.69) is 15.3 Å². The number of hydrogen-bond donors (Lipinski definition) is 1. The van der Waals surface area contributed by atoms with Crippen molar-refractivity contribution in [2.24, 2.45) is 0 Å². The lowest BCUT2D eigenvalue weighted by atomic mass is 10.3. The van der Waals surface area contributed by atoms with Gasteiger partial charge < -0.3 is 5.32 Å². The zero-order valence-electron chi connectivity index (χ0n) is 9.88. The third-order valence-corrected chi connectivity index (χ3v) is 3.68. The summed E-state index contributed by atoms with van der Waals surface area (Å²) in [6, 6.07) is 4.44. The summed E-state index contributed by atoms with van der Waals surface area (Å²) < 4.78 is 13.3. The Kier molecular flexibility index (Phi) is 3.29. The van der Waals surface area contributed by atoms with Crippen LogP contribution in [0.25, 0.3) is 0 Å². The lowest BCUT2D eigenvalue weighted by Gasteiger charge is -2.08. The van der Waals surface area contributed by atoms with Gasteiger partial charge >= 0.3 is 0 Å². The number of benzene rings is 1. The quantitative estimate of drug-likeness (QED) is 0.846. The molecule has 0 bridgehead atoms. The molecule has 3 nitrogen and oxygen atoms in total. The molecular formula is C13H10Cl2FN3.